The van der Waals surface area contributed by atoms with Crippen molar-refractivity contribution < 1.29 is 4.74 Å². The molecule has 17 heavy (non-hydrogen) atoms. The van der Waals surface area contributed by atoms with E-state index < -0.39 is 0 Å². The van der Waals surface area contributed by atoms with E-state index in [0.29, 0.717) is 10.2 Å². The summed E-state index contributed by atoms with van der Waals surface area (Å²) in [6.45, 7) is 2.35. The number of benzene rings is 1. The SMILES string of the molecule is COc1ccc(Cl)cc1C(Br)C1(C)CCCC1. The zero-order valence-corrected chi connectivity index (χ0v) is 12.6. The first-order valence-corrected chi connectivity index (χ1v) is 7.34. The Morgan fingerprint density at radius 2 is 2.00 bits per heavy atom. The van der Waals surface area contributed by atoms with Crippen molar-refractivity contribution in [1.82, 2.24) is 0 Å². The van der Waals surface area contributed by atoms with E-state index in [1.165, 1.54) is 31.2 Å². The van der Waals surface area contributed by atoms with E-state index in [1.54, 1.807) is 7.11 Å². The second kappa shape index (κ2) is 5.19. The van der Waals surface area contributed by atoms with E-state index in [1.807, 2.05) is 18.2 Å². The highest BCUT2D eigenvalue weighted by atomic mass is 79.9. The number of hydrogen-bond acceptors (Lipinski definition) is 1. The average molecular weight is 318 g/mol. The van der Waals surface area contributed by atoms with E-state index in [4.69, 9.17) is 16.3 Å². The van der Waals surface area contributed by atoms with Gasteiger partial charge in [-0.25, -0.2) is 0 Å². The molecule has 1 unspecified atom stereocenters. The second-order valence-electron chi connectivity index (χ2n) is 5.11. The van der Waals surface area contributed by atoms with Crippen LogP contribution in [0.3, 0.4) is 0 Å². The first-order chi connectivity index (χ1) is 8.07. The maximum Gasteiger partial charge on any atom is 0.123 e. The van der Waals surface area contributed by atoms with Gasteiger partial charge in [-0.05, 0) is 36.5 Å². The lowest BCUT2D eigenvalue weighted by Gasteiger charge is -2.31. The van der Waals surface area contributed by atoms with Crippen LogP contribution in [0.1, 0.15) is 43.0 Å². The fourth-order valence-corrected chi connectivity index (χ4v) is 3.71. The van der Waals surface area contributed by atoms with Crippen LogP contribution in [0.5, 0.6) is 5.75 Å². The summed E-state index contributed by atoms with van der Waals surface area (Å²) in [5.41, 5.74) is 1.49. The lowest BCUT2D eigenvalue weighted by Crippen LogP contribution is -2.18. The van der Waals surface area contributed by atoms with Gasteiger partial charge in [0, 0.05) is 15.4 Å². The molecule has 0 saturated heterocycles. The van der Waals surface area contributed by atoms with Gasteiger partial charge in [0.1, 0.15) is 5.75 Å². The number of methoxy groups -OCH3 is 1. The van der Waals surface area contributed by atoms with Gasteiger partial charge in [-0.2, -0.15) is 0 Å². The highest BCUT2D eigenvalue weighted by molar-refractivity contribution is 9.09. The van der Waals surface area contributed by atoms with Crippen molar-refractivity contribution in [3.63, 3.8) is 0 Å². The lowest BCUT2D eigenvalue weighted by atomic mass is 9.82. The molecule has 1 aliphatic carbocycles. The van der Waals surface area contributed by atoms with Gasteiger partial charge in [0.05, 0.1) is 7.11 Å². The van der Waals surface area contributed by atoms with Gasteiger partial charge < -0.3 is 4.74 Å². The summed E-state index contributed by atoms with van der Waals surface area (Å²) in [4.78, 5) is 0.311. The van der Waals surface area contributed by atoms with Crippen LogP contribution in [0.15, 0.2) is 18.2 Å². The summed E-state index contributed by atoms with van der Waals surface area (Å²) in [5, 5.41) is 0.770. The minimum atomic E-state index is 0.311. The lowest BCUT2D eigenvalue weighted by molar-refractivity contribution is 0.322. The Labute approximate surface area is 117 Å². The molecule has 0 radical (unpaired) electrons. The topological polar surface area (TPSA) is 9.23 Å². The molecule has 0 bridgehead atoms. The highest BCUT2D eigenvalue weighted by Gasteiger charge is 2.37. The number of rotatable bonds is 3. The standard InChI is InChI=1S/C14H18BrClO/c1-14(7-3-4-8-14)13(15)11-9-10(16)5-6-12(11)17-2/h5-6,9,13H,3-4,7-8H2,1-2H3. The Balaban J connectivity index is 2.35. The van der Waals surface area contributed by atoms with Crippen molar-refractivity contribution >= 4 is 27.5 Å². The van der Waals surface area contributed by atoms with Crippen LogP contribution >= 0.6 is 27.5 Å². The molecule has 1 fully saturated rings. The van der Waals surface area contributed by atoms with E-state index in [-0.39, 0.29) is 0 Å². The summed E-state index contributed by atoms with van der Waals surface area (Å²) in [6.07, 6.45) is 5.17. The minimum Gasteiger partial charge on any atom is -0.496 e. The molecule has 1 nitrogen and oxygen atoms in total. The van der Waals surface area contributed by atoms with Gasteiger partial charge in [-0.1, -0.05) is 47.3 Å². The van der Waals surface area contributed by atoms with Crippen LogP contribution in [0.25, 0.3) is 0 Å². The molecule has 0 aliphatic heterocycles. The molecule has 0 heterocycles. The molecule has 94 valence electrons. The van der Waals surface area contributed by atoms with Gasteiger partial charge >= 0.3 is 0 Å². The zero-order valence-electron chi connectivity index (χ0n) is 10.3. The molecular formula is C14H18BrClO. The van der Waals surface area contributed by atoms with Crippen LogP contribution in [0, 0.1) is 5.41 Å². The fourth-order valence-electron chi connectivity index (χ4n) is 2.71. The number of ether oxygens (including phenoxy) is 1. The van der Waals surface area contributed by atoms with E-state index in [9.17, 15) is 0 Å². The molecule has 0 N–H and O–H groups in total. The molecule has 1 aromatic carbocycles. The minimum absolute atomic E-state index is 0.311. The number of halogens is 2. The smallest absolute Gasteiger partial charge is 0.123 e. The van der Waals surface area contributed by atoms with Crippen LogP contribution < -0.4 is 4.74 Å². The summed E-state index contributed by atoms with van der Waals surface area (Å²) in [5.74, 6) is 0.921. The van der Waals surface area contributed by atoms with E-state index in [2.05, 4.69) is 22.9 Å². The fraction of sp³-hybridized carbons (Fsp3) is 0.571. The van der Waals surface area contributed by atoms with E-state index >= 15 is 0 Å². The summed E-state index contributed by atoms with van der Waals surface area (Å²) in [6, 6.07) is 5.84. The molecule has 2 rings (SSSR count). The Bertz CT molecular complexity index is 399. The van der Waals surface area contributed by atoms with Gasteiger partial charge in [-0.3, -0.25) is 0 Å². The maximum absolute atomic E-state index is 6.09. The quantitative estimate of drug-likeness (QED) is 0.681. The highest BCUT2D eigenvalue weighted by Crippen LogP contribution is 2.53. The molecular weight excluding hydrogens is 300 g/mol. The Morgan fingerprint density at radius 1 is 1.35 bits per heavy atom. The van der Waals surface area contributed by atoms with Crippen molar-refractivity contribution in [2.24, 2.45) is 5.41 Å². The van der Waals surface area contributed by atoms with Crippen LogP contribution in [0.4, 0.5) is 0 Å². The molecule has 0 aromatic heterocycles. The van der Waals surface area contributed by atoms with Crippen LogP contribution in [-0.4, -0.2) is 7.11 Å². The van der Waals surface area contributed by atoms with Crippen molar-refractivity contribution in [1.29, 1.82) is 0 Å². The summed E-state index contributed by atoms with van der Waals surface area (Å²) < 4.78 is 5.44. The third-order valence-corrected chi connectivity index (χ3v) is 5.66. The van der Waals surface area contributed by atoms with Crippen molar-refractivity contribution in [3.05, 3.63) is 28.8 Å². The molecule has 3 heteroatoms. The Kier molecular flexibility index (Phi) is 4.04. The monoisotopic (exact) mass is 316 g/mol. The maximum atomic E-state index is 6.09. The number of hydrogen-bond donors (Lipinski definition) is 0. The largest absolute Gasteiger partial charge is 0.496 e. The van der Waals surface area contributed by atoms with Gasteiger partial charge in [-0.15, -0.1) is 0 Å². The van der Waals surface area contributed by atoms with Crippen LogP contribution in [-0.2, 0) is 0 Å². The number of alkyl halides is 1. The third-order valence-electron chi connectivity index (χ3n) is 3.82. The first-order valence-electron chi connectivity index (χ1n) is 6.04. The van der Waals surface area contributed by atoms with Crippen LogP contribution in [0.2, 0.25) is 5.02 Å². The molecule has 1 saturated carbocycles. The van der Waals surface area contributed by atoms with Gasteiger partial charge in [0.25, 0.3) is 0 Å². The van der Waals surface area contributed by atoms with E-state index in [0.717, 1.165) is 10.8 Å². The predicted molar refractivity (Wildman–Crippen MR) is 76.2 cm³/mol. The average Bonchev–Trinajstić information content (AvgIpc) is 2.76. The molecule has 0 spiro atoms. The zero-order chi connectivity index (χ0) is 12.5. The van der Waals surface area contributed by atoms with Gasteiger partial charge in [0.15, 0.2) is 0 Å². The third kappa shape index (κ3) is 2.63. The Morgan fingerprint density at radius 3 is 2.59 bits per heavy atom. The summed E-state index contributed by atoms with van der Waals surface area (Å²) in [7, 11) is 1.71. The second-order valence-corrected chi connectivity index (χ2v) is 6.46. The molecule has 1 aliphatic rings. The van der Waals surface area contributed by atoms with Crippen molar-refractivity contribution in [3.8, 4) is 5.75 Å². The molecule has 1 aromatic rings. The first kappa shape index (κ1) is 13.2. The predicted octanol–water partition coefficient (Wildman–Crippen LogP) is 5.36. The van der Waals surface area contributed by atoms with Gasteiger partial charge in [0.2, 0.25) is 0 Å². The molecule has 1 atom stereocenters. The van der Waals surface area contributed by atoms with Crippen molar-refractivity contribution in [2.75, 3.05) is 7.11 Å². The molecule has 0 amide bonds. The van der Waals surface area contributed by atoms with Crippen molar-refractivity contribution in [2.45, 2.75) is 37.4 Å². The Hall–Kier alpha value is -0.210. The summed E-state index contributed by atoms with van der Waals surface area (Å²) >= 11 is 9.95. The normalized spacial score (nSPS) is 20.2.